The molecule has 0 fully saturated rings. The Bertz CT molecular complexity index is 1110. The maximum absolute atomic E-state index is 12.7. The van der Waals surface area contributed by atoms with Crippen molar-refractivity contribution in [3.8, 4) is 17.1 Å². The number of nitrogens with one attached hydrogen (secondary N) is 1. The summed E-state index contributed by atoms with van der Waals surface area (Å²) in [5.74, 6) is 0.583. The summed E-state index contributed by atoms with van der Waals surface area (Å²) in [6, 6.07) is 14.7. The van der Waals surface area contributed by atoms with Gasteiger partial charge in [-0.15, -0.1) is 0 Å². The molecule has 0 bridgehead atoms. The van der Waals surface area contributed by atoms with E-state index in [1.165, 1.54) is 14.0 Å². The van der Waals surface area contributed by atoms with Crippen molar-refractivity contribution >= 4 is 21.6 Å². The third kappa shape index (κ3) is 4.95. The van der Waals surface area contributed by atoms with Crippen molar-refractivity contribution in [2.24, 2.45) is 0 Å². The highest BCUT2D eigenvalue weighted by Crippen LogP contribution is 2.25. The van der Waals surface area contributed by atoms with Crippen LogP contribution in [0.15, 0.2) is 59.1 Å². The van der Waals surface area contributed by atoms with Gasteiger partial charge in [0.25, 0.3) is 0 Å². The number of anilines is 1. The Morgan fingerprint density at radius 2 is 1.93 bits per heavy atom. The number of ether oxygens (including phenoxy) is 1. The summed E-state index contributed by atoms with van der Waals surface area (Å²) in [7, 11) is -2.26. The molecule has 10 heteroatoms. The largest absolute Gasteiger partial charge is 0.497 e. The summed E-state index contributed by atoms with van der Waals surface area (Å²) >= 11 is 0. The van der Waals surface area contributed by atoms with E-state index in [1.54, 1.807) is 24.3 Å². The van der Waals surface area contributed by atoms with Crippen LogP contribution >= 0.6 is 0 Å². The van der Waals surface area contributed by atoms with Gasteiger partial charge in [-0.05, 0) is 19.1 Å². The van der Waals surface area contributed by atoms with Gasteiger partial charge in [0.1, 0.15) is 11.8 Å². The Morgan fingerprint density at radius 3 is 2.60 bits per heavy atom. The van der Waals surface area contributed by atoms with Crippen molar-refractivity contribution in [3.63, 3.8) is 0 Å². The van der Waals surface area contributed by atoms with E-state index in [0.29, 0.717) is 17.3 Å². The molecular weight excluding hydrogens is 408 g/mol. The van der Waals surface area contributed by atoms with Crippen molar-refractivity contribution in [1.82, 2.24) is 15.5 Å². The summed E-state index contributed by atoms with van der Waals surface area (Å²) in [5, 5.41) is 6.53. The molecule has 0 radical (unpaired) electrons. The Hall–Kier alpha value is -3.40. The molecule has 0 saturated carbocycles. The fourth-order valence-corrected chi connectivity index (χ4v) is 4.06. The topological polar surface area (TPSA) is 115 Å². The molecule has 0 aliphatic rings. The van der Waals surface area contributed by atoms with E-state index in [4.69, 9.17) is 9.26 Å². The summed E-state index contributed by atoms with van der Waals surface area (Å²) in [6.45, 7) is 1.47. The molecule has 1 heterocycles. The number of amides is 1. The lowest BCUT2D eigenvalue weighted by Crippen LogP contribution is -2.47. The lowest BCUT2D eigenvalue weighted by atomic mass is 10.2. The van der Waals surface area contributed by atoms with Gasteiger partial charge in [0.2, 0.25) is 27.6 Å². The number of methoxy groups -OCH3 is 1. The molecule has 0 saturated heterocycles. The minimum absolute atomic E-state index is 0.0290. The minimum Gasteiger partial charge on any atom is -0.497 e. The first-order valence-electron chi connectivity index (χ1n) is 9.09. The highest BCUT2D eigenvalue weighted by atomic mass is 32.2. The molecule has 0 aliphatic carbocycles. The Morgan fingerprint density at radius 1 is 1.20 bits per heavy atom. The molecule has 158 valence electrons. The van der Waals surface area contributed by atoms with E-state index in [9.17, 15) is 13.2 Å². The van der Waals surface area contributed by atoms with E-state index in [1.807, 2.05) is 30.3 Å². The number of benzene rings is 2. The fourth-order valence-electron chi connectivity index (χ4n) is 2.90. The average Bonchev–Trinajstić information content (AvgIpc) is 3.21. The highest BCUT2D eigenvalue weighted by molar-refractivity contribution is 7.92. The monoisotopic (exact) mass is 430 g/mol. The van der Waals surface area contributed by atoms with E-state index in [2.05, 4.69) is 15.5 Å². The van der Waals surface area contributed by atoms with Gasteiger partial charge in [0.05, 0.1) is 25.6 Å². The van der Waals surface area contributed by atoms with E-state index < -0.39 is 22.0 Å². The van der Waals surface area contributed by atoms with E-state index in [0.717, 1.165) is 16.1 Å². The number of hydrogen-bond donors (Lipinski definition) is 1. The second-order valence-corrected chi connectivity index (χ2v) is 8.39. The number of hydrogen-bond acceptors (Lipinski definition) is 7. The zero-order chi connectivity index (χ0) is 21.7. The molecule has 9 nitrogen and oxygen atoms in total. The second-order valence-electron chi connectivity index (χ2n) is 6.53. The van der Waals surface area contributed by atoms with Crippen LogP contribution in [0.25, 0.3) is 11.4 Å². The normalized spacial score (nSPS) is 12.2. The van der Waals surface area contributed by atoms with Gasteiger partial charge in [-0.25, -0.2) is 8.42 Å². The number of carbonyl (C=O) groups excluding carboxylic acids is 1. The molecular formula is C20H22N4O5S. The van der Waals surface area contributed by atoms with Gasteiger partial charge in [-0.1, -0.05) is 41.6 Å². The number of nitrogens with zero attached hydrogens (tertiary/aromatic N) is 3. The summed E-state index contributed by atoms with van der Waals surface area (Å²) in [4.78, 5) is 16.9. The fraction of sp³-hybridized carbons (Fsp3) is 0.250. The standard InChI is InChI=1S/C20H22N4O5S/c1-14(24(30(3,26)27)16-10-7-11-17(12-16)28-2)20(25)21-13-18-22-19(23-29-18)15-8-5-4-6-9-15/h4-12,14H,13H2,1-3H3,(H,21,25)/t14-/m1/s1. The van der Waals surface area contributed by atoms with Crippen molar-refractivity contribution in [1.29, 1.82) is 0 Å². The first-order valence-corrected chi connectivity index (χ1v) is 10.9. The predicted octanol–water partition coefficient (Wildman–Crippen LogP) is 2.22. The minimum atomic E-state index is -3.74. The Kier molecular flexibility index (Phi) is 6.36. The molecule has 0 aliphatic heterocycles. The molecule has 1 amide bonds. The Labute approximate surface area is 174 Å². The van der Waals surface area contributed by atoms with Crippen molar-refractivity contribution < 1.29 is 22.5 Å². The number of sulfonamides is 1. The van der Waals surface area contributed by atoms with Crippen LogP contribution in [0.3, 0.4) is 0 Å². The molecule has 0 spiro atoms. The maximum atomic E-state index is 12.7. The van der Waals surface area contributed by atoms with Crippen LogP contribution in [0.1, 0.15) is 12.8 Å². The van der Waals surface area contributed by atoms with Crippen LogP contribution < -0.4 is 14.4 Å². The molecule has 1 atom stereocenters. The highest BCUT2D eigenvalue weighted by Gasteiger charge is 2.29. The van der Waals surface area contributed by atoms with Gasteiger partial charge in [0, 0.05) is 11.6 Å². The number of aromatic nitrogens is 2. The van der Waals surface area contributed by atoms with E-state index in [-0.39, 0.29) is 12.4 Å². The zero-order valence-corrected chi connectivity index (χ0v) is 17.6. The number of rotatable bonds is 8. The third-order valence-electron chi connectivity index (χ3n) is 4.31. The molecule has 1 aromatic heterocycles. The zero-order valence-electron chi connectivity index (χ0n) is 16.8. The van der Waals surface area contributed by atoms with Crippen molar-refractivity contribution in [2.45, 2.75) is 19.5 Å². The summed E-state index contributed by atoms with van der Waals surface area (Å²) in [5.41, 5.74) is 1.11. The van der Waals surface area contributed by atoms with Crippen LogP contribution in [0, 0.1) is 0 Å². The molecule has 1 N–H and O–H groups in total. The van der Waals surface area contributed by atoms with Gasteiger partial charge < -0.3 is 14.6 Å². The van der Waals surface area contributed by atoms with Gasteiger partial charge in [0.15, 0.2) is 0 Å². The molecule has 0 unspecified atom stereocenters. The smallest absolute Gasteiger partial charge is 0.246 e. The predicted molar refractivity (Wildman–Crippen MR) is 111 cm³/mol. The van der Waals surface area contributed by atoms with Crippen LogP contribution in [0.2, 0.25) is 0 Å². The van der Waals surface area contributed by atoms with Crippen LogP contribution in [0.5, 0.6) is 5.75 Å². The van der Waals surface area contributed by atoms with Gasteiger partial charge in [-0.3, -0.25) is 9.10 Å². The maximum Gasteiger partial charge on any atom is 0.246 e. The molecule has 30 heavy (non-hydrogen) atoms. The quantitative estimate of drug-likeness (QED) is 0.583. The lowest BCUT2D eigenvalue weighted by Gasteiger charge is -2.28. The molecule has 2 aromatic carbocycles. The lowest BCUT2D eigenvalue weighted by molar-refractivity contribution is -0.122. The van der Waals surface area contributed by atoms with Crippen molar-refractivity contribution in [2.75, 3.05) is 17.7 Å². The van der Waals surface area contributed by atoms with Gasteiger partial charge >= 0.3 is 0 Å². The number of carbonyl (C=O) groups is 1. The van der Waals surface area contributed by atoms with Crippen molar-refractivity contribution in [3.05, 3.63) is 60.5 Å². The third-order valence-corrected chi connectivity index (χ3v) is 5.55. The first kappa shape index (κ1) is 21.3. The van der Waals surface area contributed by atoms with Gasteiger partial charge in [-0.2, -0.15) is 4.98 Å². The average molecular weight is 430 g/mol. The molecule has 3 rings (SSSR count). The molecule has 3 aromatic rings. The summed E-state index contributed by atoms with van der Waals surface area (Å²) < 4.78 is 36.1. The van der Waals surface area contributed by atoms with Crippen LogP contribution in [-0.4, -0.2) is 43.9 Å². The Balaban J connectivity index is 1.72. The van der Waals surface area contributed by atoms with Crippen LogP contribution in [0.4, 0.5) is 5.69 Å². The summed E-state index contributed by atoms with van der Waals surface area (Å²) in [6.07, 6.45) is 1.04. The first-order chi connectivity index (χ1) is 14.3. The van der Waals surface area contributed by atoms with Crippen LogP contribution in [-0.2, 0) is 21.4 Å². The second kappa shape index (κ2) is 8.95. The van der Waals surface area contributed by atoms with E-state index >= 15 is 0 Å². The SMILES string of the molecule is COc1cccc(N([C@H](C)C(=O)NCc2nc(-c3ccccc3)no2)S(C)(=O)=O)c1.